The minimum Gasteiger partial charge on any atom is -0.488 e. The van der Waals surface area contributed by atoms with Crippen molar-refractivity contribution < 1.29 is 4.74 Å². The molecule has 4 heterocycles. The van der Waals surface area contributed by atoms with Gasteiger partial charge in [-0.25, -0.2) is 0 Å². The van der Waals surface area contributed by atoms with Gasteiger partial charge in [0.1, 0.15) is 16.1 Å². The van der Waals surface area contributed by atoms with Gasteiger partial charge in [-0.3, -0.25) is 9.58 Å². The Kier molecular flexibility index (Phi) is 6.19. The molecule has 5 nitrogen and oxygen atoms in total. The first-order valence-corrected chi connectivity index (χ1v) is 12.6. The van der Waals surface area contributed by atoms with E-state index >= 15 is 0 Å². The Labute approximate surface area is 201 Å². The zero-order valence-electron chi connectivity index (χ0n) is 17.9. The highest BCUT2D eigenvalue weighted by Gasteiger charge is 2.27. The van der Waals surface area contributed by atoms with Gasteiger partial charge in [0.2, 0.25) is 0 Å². The number of piperazine rings is 1. The molecule has 7 heteroatoms. The van der Waals surface area contributed by atoms with E-state index in [1.54, 1.807) is 0 Å². The number of hydrogen-bond acceptors (Lipinski definition) is 5. The van der Waals surface area contributed by atoms with Gasteiger partial charge in [0.15, 0.2) is 0 Å². The highest BCUT2D eigenvalue weighted by Crippen LogP contribution is 2.42. The third kappa shape index (κ3) is 4.46. The van der Waals surface area contributed by atoms with E-state index in [2.05, 4.69) is 88.0 Å². The highest BCUT2D eigenvalue weighted by atomic mass is 127. The maximum Gasteiger partial charge on any atom is 0.127 e. The Balaban J connectivity index is 1.50. The Morgan fingerprint density at radius 1 is 1.10 bits per heavy atom. The second-order valence-corrected chi connectivity index (χ2v) is 10.6. The fraction of sp³-hybridized carbons (Fsp3) is 0.375. The first kappa shape index (κ1) is 21.2. The van der Waals surface area contributed by atoms with E-state index < -0.39 is 0 Å². The number of rotatable bonds is 5. The average Bonchev–Trinajstić information content (AvgIpc) is 3.43. The minimum absolute atomic E-state index is 0.134. The number of para-hydroxylation sites is 1. The molecule has 1 aromatic carbocycles. The van der Waals surface area contributed by atoms with Crippen LogP contribution in [-0.2, 0) is 6.54 Å². The first-order chi connectivity index (χ1) is 15.1. The smallest absolute Gasteiger partial charge is 0.127 e. The summed E-state index contributed by atoms with van der Waals surface area (Å²) in [5, 5.41) is 4.66. The lowest BCUT2D eigenvalue weighted by Gasteiger charge is -2.32. The fourth-order valence-electron chi connectivity index (χ4n) is 4.33. The molecular weight excluding hydrogens is 519 g/mol. The number of nitrogens with zero attached hydrogens (tertiary/aromatic N) is 4. The van der Waals surface area contributed by atoms with Crippen molar-refractivity contribution in [1.82, 2.24) is 19.6 Å². The van der Waals surface area contributed by atoms with E-state index in [9.17, 15) is 0 Å². The summed E-state index contributed by atoms with van der Waals surface area (Å²) in [5.74, 6) is 0.970. The molecule has 1 unspecified atom stereocenters. The molecule has 0 amide bonds. The lowest BCUT2D eigenvalue weighted by atomic mass is 9.92. The van der Waals surface area contributed by atoms with Gasteiger partial charge in [0.25, 0.3) is 0 Å². The van der Waals surface area contributed by atoms with Crippen LogP contribution in [0.5, 0.6) is 5.75 Å². The molecule has 1 atom stereocenters. The Bertz CT molecular complexity index is 1100. The van der Waals surface area contributed by atoms with Gasteiger partial charge in [-0.05, 0) is 60.8 Å². The molecule has 0 saturated carbocycles. The predicted molar refractivity (Wildman–Crippen MR) is 135 cm³/mol. The zero-order valence-corrected chi connectivity index (χ0v) is 20.9. The van der Waals surface area contributed by atoms with E-state index in [0.29, 0.717) is 6.61 Å². The molecule has 0 N–H and O–H groups in total. The van der Waals surface area contributed by atoms with Crippen LogP contribution in [0.1, 0.15) is 28.3 Å². The van der Waals surface area contributed by atoms with Gasteiger partial charge < -0.3 is 9.64 Å². The van der Waals surface area contributed by atoms with Crippen molar-refractivity contribution in [2.24, 2.45) is 0 Å². The molecule has 1 saturated heterocycles. The Hall–Kier alpha value is -1.68. The maximum atomic E-state index is 6.17. The van der Waals surface area contributed by atoms with E-state index in [4.69, 9.17) is 4.74 Å². The molecule has 1 fully saturated rings. The lowest BCUT2D eigenvalue weighted by Crippen LogP contribution is -2.43. The molecular formula is C24H27IN4OS. The highest BCUT2D eigenvalue weighted by molar-refractivity contribution is 14.1. The summed E-state index contributed by atoms with van der Waals surface area (Å²) in [5.41, 5.74) is 3.78. The molecule has 0 spiro atoms. The van der Waals surface area contributed by atoms with Crippen molar-refractivity contribution in [2.45, 2.75) is 19.5 Å². The summed E-state index contributed by atoms with van der Waals surface area (Å²) in [6.07, 6.45) is 2.06. The summed E-state index contributed by atoms with van der Waals surface area (Å²) in [6.45, 7) is 8.43. The summed E-state index contributed by atoms with van der Waals surface area (Å²) in [4.78, 5) is 7.72. The van der Waals surface area contributed by atoms with Crippen molar-refractivity contribution >= 4 is 39.5 Å². The van der Waals surface area contributed by atoms with Crippen LogP contribution in [0.15, 0.2) is 54.2 Å². The number of aromatic nitrogens is 2. The quantitative estimate of drug-likeness (QED) is 0.433. The molecule has 3 aromatic rings. The first-order valence-electron chi connectivity index (χ1n) is 10.7. The second-order valence-electron chi connectivity index (χ2n) is 8.32. The Morgan fingerprint density at radius 2 is 1.90 bits per heavy atom. The topological polar surface area (TPSA) is 33.5 Å². The lowest BCUT2D eigenvalue weighted by molar-refractivity contribution is 0.149. The fourth-order valence-corrected chi connectivity index (χ4v) is 5.89. The van der Waals surface area contributed by atoms with Gasteiger partial charge in [-0.2, -0.15) is 5.10 Å². The summed E-state index contributed by atoms with van der Waals surface area (Å²) >= 11 is 4.19. The number of ether oxygens (including phenoxy) is 1. The summed E-state index contributed by atoms with van der Waals surface area (Å²) < 4.78 is 9.22. The van der Waals surface area contributed by atoms with Gasteiger partial charge in [0, 0.05) is 65.4 Å². The zero-order chi connectivity index (χ0) is 21.4. The van der Waals surface area contributed by atoms with Crippen LogP contribution < -0.4 is 4.74 Å². The number of fused-ring (bicyclic) bond motifs is 1. The summed E-state index contributed by atoms with van der Waals surface area (Å²) in [7, 11) is 2.21. The van der Waals surface area contributed by atoms with Crippen LogP contribution >= 0.6 is 33.9 Å². The third-order valence-corrected chi connectivity index (χ3v) is 7.88. The molecule has 0 aliphatic carbocycles. The van der Waals surface area contributed by atoms with Crippen molar-refractivity contribution in [3.63, 3.8) is 0 Å². The molecule has 0 bridgehead atoms. The maximum absolute atomic E-state index is 6.17. The molecule has 31 heavy (non-hydrogen) atoms. The minimum atomic E-state index is 0.134. The van der Waals surface area contributed by atoms with Gasteiger partial charge in [-0.15, -0.1) is 11.3 Å². The molecule has 2 aromatic heterocycles. The molecule has 2 aliphatic rings. The normalized spacial score (nSPS) is 18.7. The number of benzene rings is 1. The van der Waals surface area contributed by atoms with E-state index in [1.165, 1.54) is 26.5 Å². The van der Waals surface area contributed by atoms with Crippen molar-refractivity contribution in [2.75, 3.05) is 39.8 Å². The number of halogens is 1. The number of thiophene rings is 1. The molecule has 5 rings (SSSR count). The van der Waals surface area contributed by atoms with Crippen LogP contribution in [0.3, 0.4) is 0 Å². The third-order valence-electron chi connectivity index (χ3n) is 6.22. The van der Waals surface area contributed by atoms with Gasteiger partial charge in [-0.1, -0.05) is 18.2 Å². The van der Waals surface area contributed by atoms with Crippen LogP contribution in [0.25, 0.3) is 5.57 Å². The molecule has 162 valence electrons. The largest absolute Gasteiger partial charge is 0.488 e. The Morgan fingerprint density at radius 3 is 2.68 bits per heavy atom. The SMILES string of the molecule is CC(C1=C(c2ccc(CN3CCN(C)CC3)s2)c2ccccc2OC1)n1ccc(I)n1. The monoisotopic (exact) mass is 546 g/mol. The van der Waals surface area contributed by atoms with Crippen LogP contribution in [0.4, 0.5) is 0 Å². The average molecular weight is 546 g/mol. The second kappa shape index (κ2) is 9.05. The van der Waals surface area contributed by atoms with E-state index in [0.717, 1.165) is 42.2 Å². The van der Waals surface area contributed by atoms with Gasteiger partial charge in [0.05, 0.1) is 6.04 Å². The standard InChI is InChI=1S/C24H27IN4OS/c1-17(29-10-9-23(25)26-29)20-16-30-21-6-4-3-5-19(21)24(20)22-8-7-18(31-22)15-28-13-11-27(2)12-14-28/h3-10,17H,11-16H2,1-2H3. The summed E-state index contributed by atoms with van der Waals surface area (Å²) in [6, 6.07) is 15.2. The van der Waals surface area contributed by atoms with Crippen molar-refractivity contribution in [3.05, 3.63) is 73.3 Å². The van der Waals surface area contributed by atoms with Crippen molar-refractivity contribution in [1.29, 1.82) is 0 Å². The number of likely N-dealkylation sites (N-methyl/N-ethyl adjacent to an activating group) is 1. The van der Waals surface area contributed by atoms with Crippen molar-refractivity contribution in [3.8, 4) is 5.75 Å². The van der Waals surface area contributed by atoms with Crippen LogP contribution in [-0.4, -0.2) is 59.4 Å². The van der Waals surface area contributed by atoms with E-state index in [1.807, 2.05) is 28.2 Å². The van der Waals surface area contributed by atoms with Crippen LogP contribution in [0, 0.1) is 3.70 Å². The predicted octanol–water partition coefficient (Wildman–Crippen LogP) is 4.75. The van der Waals surface area contributed by atoms with Crippen LogP contribution in [0.2, 0.25) is 0 Å². The molecule has 0 radical (unpaired) electrons. The molecule has 2 aliphatic heterocycles. The van der Waals surface area contributed by atoms with Gasteiger partial charge >= 0.3 is 0 Å². The number of hydrogen-bond donors (Lipinski definition) is 0. The van der Waals surface area contributed by atoms with E-state index in [-0.39, 0.29) is 6.04 Å².